The zero-order valence-electron chi connectivity index (χ0n) is 19.6. The highest BCUT2D eigenvalue weighted by Crippen LogP contribution is 2.34. The molecule has 0 aromatic heterocycles. The van der Waals surface area contributed by atoms with Crippen LogP contribution in [0.25, 0.3) is 5.57 Å². The van der Waals surface area contributed by atoms with E-state index >= 15 is 0 Å². The SMILES string of the molecule is CC(Nc1ccc(CN2CCCCC2)cc1)=C1C(=O)Nc2cc(C(N)=O)ccc21.O=C(O)C(F)(F)F. The minimum absolute atomic E-state index is 0.187. The molecule has 2 amide bonds. The number of nitrogens with zero attached hydrogens (tertiary/aromatic N) is 1. The highest BCUT2D eigenvalue weighted by atomic mass is 19.4. The molecule has 2 heterocycles. The molecule has 2 aromatic rings. The van der Waals surface area contributed by atoms with E-state index in [0.717, 1.165) is 23.5 Å². The number of carboxylic acids is 1. The van der Waals surface area contributed by atoms with Gasteiger partial charge in [-0.25, -0.2) is 4.79 Å². The van der Waals surface area contributed by atoms with E-state index in [0.29, 0.717) is 16.8 Å². The second-order valence-electron chi connectivity index (χ2n) is 8.54. The number of allylic oxidation sites excluding steroid dienone is 1. The molecule has 192 valence electrons. The first kappa shape index (κ1) is 26.7. The second-order valence-corrected chi connectivity index (χ2v) is 8.54. The van der Waals surface area contributed by atoms with Gasteiger partial charge in [-0.15, -0.1) is 0 Å². The molecule has 0 radical (unpaired) electrons. The molecule has 1 saturated heterocycles. The van der Waals surface area contributed by atoms with Gasteiger partial charge < -0.3 is 21.5 Å². The molecule has 1 fully saturated rings. The second kappa shape index (κ2) is 11.3. The number of carbonyl (C=O) groups is 3. The molecule has 2 aromatic carbocycles. The predicted molar refractivity (Wildman–Crippen MR) is 129 cm³/mol. The van der Waals surface area contributed by atoms with Crippen LogP contribution in [-0.4, -0.2) is 47.1 Å². The van der Waals surface area contributed by atoms with E-state index in [9.17, 15) is 22.8 Å². The quantitative estimate of drug-likeness (QED) is 0.453. The Bertz CT molecular complexity index is 1170. The Morgan fingerprint density at radius 1 is 1.08 bits per heavy atom. The number of hydrogen-bond acceptors (Lipinski definition) is 5. The number of primary amides is 1. The van der Waals surface area contributed by atoms with Gasteiger partial charge in [0.1, 0.15) is 0 Å². The third kappa shape index (κ3) is 6.85. The molecule has 11 heteroatoms. The monoisotopic (exact) mass is 504 g/mol. The van der Waals surface area contributed by atoms with Crippen molar-refractivity contribution in [2.24, 2.45) is 5.73 Å². The first-order valence-corrected chi connectivity index (χ1v) is 11.3. The lowest BCUT2D eigenvalue weighted by Crippen LogP contribution is -2.29. The van der Waals surface area contributed by atoms with Gasteiger partial charge in [0, 0.05) is 34.7 Å². The summed E-state index contributed by atoms with van der Waals surface area (Å²) in [7, 11) is 0. The summed E-state index contributed by atoms with van der Waals surface area (Å²) in [4.78, 5) is 35.3. The molecule has 8 nitrogen and oxygen atoms in total. The lowest BCUT2D eigenvalue weighted by molar-refractivity contribution is -0.192. The summed E-state index contributed by atoms with van der Waals surface area (Å²) < 4.78 is 31.7. The van der Waals surface area contributed by atoms with Crippen LogP contribution in [0.1, 0.15) is 47.7 Å². The smallest absolute Gasteiger partial charge is 0.475 e. The summed E-state index contributed by atoms with van der Waals surface area (Å²) in [5.74, 6) is -3.46. The number of hydrogen-bond donors (Lipinski definition) is 4. The Hall–Kier alpha value is -3.86. The highest BCUT2D eigenvalue weighted by Gasteiger charge is 2.38. The first-order valence-electron chi connectivity index (χ1n) is 11.3. The van der Waals surface area contributed by atoms with Gasteiger partial charge >= 0.3 is 12.1 Å². The Balaban J connectivity index is 0.000000454. The van der Waals surface area contributed by atoms with E-state index in [1.807, 2.05) is 19.1 Å². The van der Waals surface area contributed by atoms with Crippen molar-refractivity contribution in [2.45, 2.75) is 38.9 Å². The molecule has 0 saturated carbocycles. The number of carbonyl (C=O) groups excluding carboxylic acids is 2. The van der Waals surface area contributed by atoms with Gasteiger partial charge in [-0.1, -0.05) is 24.6 Å². The fourth-order valence-electron chi connectivity index (χ4n) is 4.05. The largest absolute Gasteiger partial charge is 0.490 e. The summed E-state index contributed by atoms with van der Waals surface area (Å²) in [6, 6.07) is 13.4. The zero-order valence-corrected chi connectivity index (χ0v) is 19.6. The van der Waals surface area contributed by atoms with E-state index in [4.69, 9.17) is 15.6 Å². The number of benzene rings is 2. The van der Waals surface area contributed by atoms with Gasteiger partial charge in [-0.05, 0) is 62.7 Å². The average Bonchev–Trinajstić information content (AvgIpc) is 3.15. The molecule has 0 unspecified atom stereocenters. The fourth-order valence-corrected chi connectivity index (χ4v) is 4.05. The third-order valence-corrected chi connectivity index (χ3v) is 5.81. The van der Waals surface area contributed by atoms with Crippen LogP contribution >= 0.6 is 0 Å². The lowest BCUT2D eigenvalue weighted by atomic mass is 10.0. The summed E-state index contributed by atoms with van der Waals surface area (Å²) in [5.41, 5.74) is 10.7. The number of fused-ring (bicyclic) bond motifs is 1. The van der Waals surface area contributed by atoms with Gasteiger partial charge in [0.25, 0.3) is 5.91 Å². The standard InChI is InChI=1S/C23H26N4O2.C2HF3O2/c1-15(21-19-10-7-17(22(24)28)13-20(19)26-23(21)29)25-18-8-5-16(6-9-18)14-27-11-3-2-4-12-27;3-2(4,5)1(6)7/h5-10,13,25H,2-4,11-12,14H2,1H3,(H2,24,28)(H,26,29);(H,6,7). The summed E-state index contributed by atoms with van der Waals surface area (Å²) >= 11 is 0. The van der Waals surface area contributed by atoms with Crippen LogP contribution in [0.4, 0.5) is 24.5 Å². The fraction of sp³-hybridized carbons (Fsp3) is 0.320. The first-order chi connectivity index (χ1) is 17.0. The van der Waals surface area contributed by atoms with E-state index in [-0.39, 0.29) is 5.91 Å². The Kier molecular flexibility index (Phi) is 8.36. The lowest BCUT2D eigenvalue weighted by Gasteiger charge is -2.26. The summed E-state index contributed by atoms with van der Waals surface area (Å²) in [6.07, 6.45) is -1.17. The molecule has 0 atom stereocenters. The zero-order chi connectivity index (χ0) is 26.5. The number of amides is 2. The molecule has 2 aliphatic rings. The molecule has 0 aliphatic carbocycles. The Morgan fingerprint density at radius 3 is 2.25 bits per heavy atom. The van der Waals surface area contributed by atoms with E-state index in [1.54, 1.807) is 18.2 Å². The van der Waals surface area contributed by atoms with Crippen molar-refractivity contribution in [2.75, 3.05) is 23.7 Å². The van der Waals surface area contributed by atoms with Crippen molar-refractivity contribution in [1.82, 2.24) is 4.90 Å². The highest BCUT2D eigenvalue weighted by molar-refractivity contribution is 6.32. The van der Waals surface area contributed by atoms with Crippen molar-refractivity contribution in [1.29, 1.82) is 0 Å². The number of alkyl halides is 3. The topological polar surface area (TPSA) is 125 Å². The van der Waals surface area contributed by atoms with Gasteiger partial charge in [-0.2, -0.15) is 13.2 Å². The summed E-state index contributed by atoms with van der Waals surface area (Å²) in [5, 5.41) is 13.3. The number of rotatable bonds is 5. The average molecular weight is 505 g/mol. The molecule has 4 rings (SSSR count). The molecule has 2 aliphatic heterocycles. The molecular formula is C25H27F3N4O4. The molecule has 36 heavy (non-hydrogen) atoms. The van der Waals surface area contributed by atoms with Crippen LogP contribution in [-0.2, 0) is 16.1 Å². The van der Waals surface area contributed by atoms with Crippen LogP contribution < -0.4 is 16.4 Å². The van der Waals surface area contributed by atoms with Crippen LogP contribution in [0.2, 0.25) is 0 Å². The maximum atomic E-state index is 12.5. The van der Waals surface area contributed by atoms with E-state index in [1.165, 1.54) is 37.9 Å². The van der Waals surface area contributed by atoms with Gasteiger partial charge in [0.05, 0.1) is 5.57 Å². The molecule has 0 bridgehead atoms. The van der Waals surface area contributed by atoms with Gasteiger partial charge in [-0.3, -0.25) is 14.5 Å². The number of nitrogens with one attached hydrogen (secondary N) is 2. The van der Waals surface area contributed by atoms with Gasteiger partial charge in [0.2, 0.25) is 5.91 Å². The predicted octanol–water partition coefficient (Wildman–Crippen LogP) is 4.20. The number of piperidine rings is 1. The van der Waals surface area contributed by atoms with Crippen molar-refractivity contribution in [3.8, 4) is 0 Å². The number of carboxylic acid groups (broad SMARTS) is 1. The molecule has 5 N–H and O–H groups in total. The number of aliphatic carboxylic acids is 1. The maximum absolute atomic E-state index is 12.5. The van der Waals surface area contributed by atoms with Crippen molar-refractivity contribution in [3.05, 3.63) is 64.9 Å². The minimum atomic E-state index is -5.08. The van der Waals surface area contributed by atoms with Crippen LogP contribution in [0.15, 0.2) is 48.2 Å². The van der Waals surface area contributed by atoms with Crippen LogP contribution in [0.3, 0.4) is 0 Å². The van der Waals surface area contributed by atoms with Crippen LogP contribution in [0.5, 0.6) is 0 Å². The Labute approximate surface area is 206 Å². The Morgan fingerprint density at radius 2 is 1.69 bits per heavy atom. The normalized spacial score (nSPS) is 16.8. The third-order valence-electron chi connectivity index (χ3n) is 5.81. The number of halogens is 3. The molecular weight excluding hydrogens is 477 g/mol. The van der Waals surface area contributed by atoms with Crippen molar-refractivity contribution in [3.63, 3.8) is 0 Å². The van der Waals surface area contributed by atoms with E-state index in [2.05, 4.69) is 27.7 Å². The number of likely N-dealkylation sites (tertiary alicyclic amines) is 1. The number of nitrogens with two attached hydrogens (primary N) is 1. The van der Waals surface area contributed by atoms with E-state index < -0.39 is 18.1 Å². The maximum Gasteiger partial charge on any atom is 0.490 e. The molecule has 0 spiro atoms. The minimum Gasteiger partial charge on any atom is -0.475 e. The van der Waals surface area contributed by atoms with Crippen molar-refractivity contribution >= 4 is 34.7 Å². The van der Waals surface area contributed by atoms with Crippen LogP contribution in [0, 0.1) is 0 Å². The van der Waals surface area contributed by atoms with Crippen molar-refractivity contribution < 1.29 is 32.7 Å². The summed E-state index contributed by atoms with van der Waals surface area (Å²) in [6.45, 7) is 5.22. The number of anilines is 2. The van der Waals surface area contributed by atoms with Gasteiger partial charge in [0.15, 0.2) is 0 Å².